The van der Waals surface area contributed by atoms with Gasteiger partial charge in [-0.3, -0.25) is 0 Å². The van der Waals surface area contributed by atoms with Crippen LogP contribution in [0.25, 0.3) is 11.0 Å². The van der Waals surface area contributed by atoms with Gasteiger partial charge in [-0.15, -0.1) is 13.2 Å². The number of fused-ring (bicyclic) bond motifs is 1. The van der Waals surface area contributed by atoms with E-state index in [0.29, 0.717) is 0 Å². The van der Waals surface area contributed by atoms with Gasteiger partial charge in [0.2, 0.25) is 0 Å². The molecule has 0 aliphatic carbocycles. The molecule has 1 aromatic heterocycles. The summed E-state index contributed by atoms with van der Waals surface area (Å²) in [5.41, 5.74) is 1.84. The number of aromatic nitrogens is 2. The Hall–Kier alpha value is -1.36. The predicted octanol–water partition coefficient (Wildman–Crippen LogP) is 9.81. The number of rotatable bonds is 0. The van der Waals surface area contributed by atoms with Crippen molar-refractivity contribution in [1.29, 1.82) is 0 Å². The van der Waals surface area contributed by atoms with E-state index >= 15 is 0 Å². The molecule has 0 unspecified atom stereocenters. The number of nitrogens with zero attached hydrogens (tertiary/aromatic N) is 2. The molecule has 0 fully saturated rings. The first kappa shape index (κ1) is 72.6. The quantitative estimate of drug-likeness (QED) is 0.293. The van der Waals surface area contributed by atoms with Gasteiger partial charge in [-0.05, 0) is 13.8 Å². The Morgan fingerprint density at radius 2 is 1.11 bits per heavy atom. The zero-order valence-corrected chi connectivity index (χ0v) is 14.7. The van der Waals surface area contributed by atoms with Crippen molar-refractivity contribution in [3.8, 4) is 0 Å². The van der Waals surface area contributed by atoms with E-state index in [0.717, 1.165) is 11.0 Å². The van der Waals surface area contributed by atoms with E-state index in [4.69, 9.17) is 0 Å². The van der Waals surface area contributed by atoms with Crippen molar-refractivity contribution in [3.05, 3.63) is 49.6 Å². The zero-order chi connectivity index (χ0) is 15.5. The van der Waals surface area contributed by atoms with Crippen molar-refractivity contribution < 1.29 is 0 Å². The summed E-state index contributed by atoms with van der Waals surface area (Å²) in [4.78, 5) is 0. The van der Waals surface area contributed by atoms with Gasteiger partial charge in [0.15, 0.2) is 0 Å². The van der Waals surface area contributed by atoms with Gasteiger partial charge in [0.1, 0.15) is 0 Å². The minimum absolute atomic E-state index is 0. The molecule has 0 aliphatic rings. The molecule has 0 saturated carbocycles. The van der Waals surface area contributed by atoms with Crippen molar-refractivity contribution in [2.75, 3.05) is 0 Å². The fraction of sp³-hybridized carbons (Fsp3) is 0.583. The first-order chi connectivity index (χ1) is 9.29. The average molecular weight is 454 g/mol. The summed E-state index contributed by atoms with van der Waals surface area (Å²) in [7, 11) is 0. The summed E-state index contributed by atoms with van der Waals surface area (Å²) in [5.74, 6) is 0. The third kappa shape index (κ3) is 51.6. The molecule has 1 aromatic carbocycles. The Bertz CT molecular complexity index is 360. The number of hydrogen-bond acceptors (Lipinski definition) is 2. The second-order valence-corrected chi connectivity index (χ2v) is 3.53. The molecular formula is C24H58N2Se. The van der Waals surface area contributed by atoms with E-state index in [-0.39, 0.29) is 74.4 Å². The van der Waals surface area contributed by atoms with Gasteiger partial charge in [-0.2, -0.15) is 0 Å². The van der Waals surface area contributed by atoms with Crippen LogP contribution in [0.4, 0.5) is 0 Å². The zero-order valence-electron chi connectivity index (χ0n) is 13.0. The number of allylic oxidation sites excluding steroid dienone is 2. The Labute approximate surface area is 184 Å². The van der Waals surface area contributed by atoms with Crippen LogP contribution in [0, 0.1) is 12.1 Å². The van der Waals surface area contributed by atoms with E-state index in [2.05, 4.69) is 33.2 Å². The summed E-state index contributed by atoms with van der Waals surface area (Å²) >= 11 is 0.0774. The third-order valence-corrected chi connectivity index (χ3v) is 2.17. The topological polar surface area (TPSA) is 25.8 Å². The van der Waals surface area contributed by atoms with Gasteiger partial charge in [-0.25, -0.2) is 0 Å². The second-order valence-electron chi connectivity index (χ2n) is 2.42. The Morgan fingerprint density at radius 3 is 1.41 bits per heavy atom. The SMILES string of the molecule is C.C.C.C.C.C.C.C.C=CC.C=CC.CC.CC.c1ccc2n[se]nc2c#1. The molecule has 0 aliphatic heterocycles. The molecule has 2 rings (SSSR count). The average Bonchev–Trinajstić information content (AvgIpc) is 2.93. The van der Waals surface area contributed by atoms with Crippen LogP contribution in [-0.4, -0.2) is 22.9 Å². The van der Waals surface area contributed by atoms with E-state index < -0.39 is 0 Å². The summed E-state index contributed by atoms with van der Waals surface area (Å²) < 4.78 is 8.25. The molecule has 27 heavy (non-hydrogen) atoms. The van der Waals surface area contributed by atoms with Gasteiger partial charge in [0.05, 0.1) is 0 Å². The molecule has 170 valence electrons. The molecular weight excluding hydrogens is 395 g/mol. The first-order valence-electron chi connectivity index (χ1n) is 6.44. The molecule has 1 heterocycles. The molecule has 0 bridgehead atoms. The maximum absolute atomic E-state index is 4.14. The third-order valence-electron chi connectivity index (χ3n) is 1.03. The molecule has 0 radical (unpaired) electrons. The fourth-order valence-electron chi connectivity index (χ4n) is 0.622. The number of hydrogen-bond donors (Lipinski definition) is 0. The normalized spacial score (nSPS) is 4.52. The van der Waals surface area contributed by atoms with Crippen molar-refractivity contribution in [2.24, 2.45) is 0 Å². The summed E-state index contributed by atoms with van der Waals surface area (Å²) in [6, 6.07) is 9.41. The molecule has 3 heteroatoms. The van der Waals surface area contributed by atoms with E-state index in [1.54, 1.807) is 18.2 Å². The molecule has 2 nitrogen and oxygen atoms in total. The van der Waals surface area contributed by atoms with Crippen LogP contribution in [0.5, 0.6) is 0 Å². The molecule has 0 amide bonds. The molecule has 0 N–H and O–H groups in total. The molecule has 2 aromatic rings. The van der Waals surface area contributed by atoms with E-state index in [1.165, 1.54) is 0 Å². The Morgan fingerprint density at radius 1 is 0.778 bits per heavy atom. The standard InChI is InChI=1S/C6H2N2Se.2C3H6.2C2H6.8CH4/c1-2-4-6-5(3-1)7-9-8-6;2*1-3-2;2*1-2;;;;;;;;/h1,3H;2*3H,1H2,2H3;2*1-2H3;8*1H4. The predicted molar refractivity (Wildman–Crippen MR) is 142 cm³/mol. The van der Waals surface area contributed by atoms with Crippen LogP contribution in [0.1, 0.15) is 101 Å². The van der Waals surface area contributed by atoms with Crippen molar-refractivity contribution in [3.63, 3.8) is 0 Å². The Balaban J connectivity index is -0.0000000143. The molecule has 0 spiro atoms. The van der Waals surface area contributed by atoms with Crippen molar-refractivity contribution >= 4 is 26.0 Å². The second kappa shape index (κ2) is 74.0. The van der Waals surface area contributed by atoms with Crippen LogP contribution in [0.3, 0.4) is 0 Å². The summed E-state index contributed by atoms with van der Waals surface area (Å²) in [6.45, 7) is 18.5. The van der Waals surface area contributed by atoms with Crippen LogP contribution < -0.4 is 0 Å². The Kier molecular flexibility index (Phi) is 199. The van der Waals surface area contributed by atoms with Crippen LogP contribution >= 0.6 is 0 Å². The van der Waals surface area contributed by atoms with Crippen molar-refractivity contribution in [2.45, 2.75) is 101 Å². The summed E-state index contributed by atoms with van der Waals surface area (Å²) in [5, 5.41) is 0. The van der Waals surface area contributed by atoms with E-state index in [9.17, 15) is 0 Å². The van der Waals surface area contributed by atoms with Crippen molar-refractivity contribution in [1.82, 2.24) is 7.96 Å². The van der Waals surface area contributed by atoms with Gasteiger partial charge in [0, 0.05) is 0 Å². The van der Waals surface area contributed by atoms with Gasteiger partial charge < -0.3 is 0 Å². The van der Waals surface area contributed by atoms with Gasteiger partial charge >= 0.3 is 58.2 Å². The fourth-order valence-corrected chi connectivity index (χ4v) is 1.66. The minimum atomic E-state index is 0. The van der Waals surface area contributed by atoms with E-state index in [1.807, 2.05) is 47.6 Å². The van der Waals surface area contributed by atoms with Crippen LogP contribution in [0.15, 0.2) is 37.4 Å². The van der Waals surface area contributed by atoms with Gasteiger partial charge in [-0.1, -0.05) is 99.3 Å². The van der Waals surface area contributed by atoms with Crippen LogP contribution in [-0.2, 0) is 0 Å². The monoisotopic (exact) mass is 454 g/mol. The molecule has 0 saturated heterocycles. The summed E-state index contributed by atoms with van der Waals surface area (Å²) in [6.07, 6.45) is 3.50. The maximum atomic E-state index is 4.14. The first-order valence-corrected chi connectivity index (χ1v) is 7.98. The van der Waals surface area contributed by atoms with Crippen LogP contribution in [0.2, 0.25) is 0 Å². The van der Waals surface area contributed by atoms with Gasteiger partial charge in [0.25, 0.3) is 0 Å². The molecule has 0 atom stereocenters.